The molecule has 26 heavy (non-hydrogen) atoms. The standard InChI is InChI=1S/C19H17F2NO3S/c1-12(19(24)22-14-6-9-16(20)17(21)11-14)25-18(23)10-5-13-3-7-15(26-2)8-4-13/h3-12H,1-2H3,(H,22,24)/b10-5+/t12-/m0/s1. The molecule has 0 radical (unpaired) electrons. The Balaban J connectivity index is 1.89. The van der Waals surface area contributed by atoms with Gasteiger partial charge >= 0.3 is 5.97 Å². The highest BCUT2D eigenvalue weighted by Gasteiger charge is 2.17. The van der Waals surface area contributed by atoms with Gasteiger partial charge in [-0.1, -0.05) is 12.1 Å². The van der Waals surface area contributed by atoms with Gasteiger partial charge in [-0.2, -0.15) is 0 Å². The number of amides is 1. The second kappa shape index (κ2) is 9.15. The van der Waals surface area contributed by atoms with Crippen LogP contribution >= 0.6 is 11.8 Å². The molecule has 0 unspecified atom stereocenters. The molecule has 136 valence electrons. The van der Waals surface area contributed by atoms with E-state index < -0.39 is 29.6 Å². The summed E-state index contributed by atoms with van der Waals surface area (Å²) in [6.45, 7) is 1.38. The van der Waals surface area contributed by atoms with Crippen molar-refractivity contribution >= 4 is 35.4 Å². The van der Waals surface area contributed by atoms with Gasteiger partial charge in [-0.15, -0.1) is 11.8 Å². The lowest BCUT2D eigenvalue weighted by Gasteiger charge is -2.12. The zero-order valence-corrected chi connectivity index (χ0v) is 15.0. The summed E-state index contributed by atoms with van der Waals surface area (Å²) in [5.74, 6) is -3.44. The zero-order valence-electron chi connectivity index (χ0n) is 14.2. The number of thioether (sulfide) groups is 1. The first-order valence-electron chi connectivity index (χ1n) is 7.67. The molecule has 2 aromatic rings. The van der Waals surface area contributed by atoms with Crippen LogP contribution in [0.15, 0.2) is 53.4 Å². The predicted octanol–water partition coefficient (Wildman–Crippen LogP) is 4.27. The second-order valence-electron chi connectivity index (χ2n) is 5.30. The molecule has 2 rings (SSSR count). The average molecular weight is 377 g/mol. The molecule has 0 aliphatic carbocycles. The van der Waals surface area contributed by atoms with E-state index in [0.29, 0.717) is 0 Å². The van der Waals surface area contributed by atoms with Crippen LogP contribution in [0.25, 0.3) is 6.08 Å². The van der Waals surface area contributed by atoms with Crippen LogP contribution in [-0.4, -0.2) is 24.2 Å². The minimum absolute atomic E-state index is 0.0706. The molecular weight excluding hydrogens is 360 g/mol. The lowest BCUT2D eigenvalue weighted by molar-refractivity contribution is -0.148. The Hall–Kier alpha value is -2.67. The van der Waals surface area contributed by atoms with Crippen LogP contribution in [0.4, 0.5) is 14.5 Å². The summed E-state index contributed by atoms with van der Waals surface area (Å²) in [6, 6.07) is 10.5. The smallest absolute Gasteiger partial charge is 0.331 e. The number of nitrogens with one attached hydrogen (secondary N) is 1. The Morgan fingerprint density at radius 2 is 1.81 bits per heavy atom. The van der Waals surface area contributed by atoms with Crippen molar-refractivity contribution in [2.75, 3.05) is 11.6 Å². The topological polar surface area (TPSA) is 55.4 Å². The van der Waals surface area contributed by atoms with E-state index in [9.17, 15) is 18.4 Å². The highest BCUT2D eigenvalue weighted by molar-refractivity contribution is 7.98. The van der Waals surface area contributed by atoms with Gasteiger partial charge in [0.25, 0.3) is 5.91 Å². The van der Waals surface area contributed by atoms with E-state index in [1.807, 2.05) is 30.5 Å². The first kappa shape index (κ1) is 19.7. The van der Waals surface area contributed by atoms with Crippen LogP contribution in [-0.2, 0) is 14.3 Å². The van der Waals surface area contributed by atoms with Gasteiger partial charge in [-0.05, 0) is 49.1 Å². The summed E-state index contributed by atoms with van der Waals surface area (Å²) in [4.78, 5) is 24.9. The maximum atomic E-state index is 13.1. The number of hydrogen-bond acceptors (Lipinski definition) is 4. The van der Waals surface area contributed by atoms with Crippen LogP contribution in [0.5, 0.6) is 0 Å². The van der Waals surface area contributed by atoms with Crippen LogP contribution < -0.4 is 5.32 Å². The van der Waals surface area contributed by atoms with Crippen LogP contribution in [0.2, 0.25) is 0 Å². The summed E-state index contributed by atoms with van der Waals surface area (Å²) in [5.41, 5.74) is 0.889. The van der Waals surface area contributed by atoms with Gasteiger partial charge in [0.15, 0.2) is 17.7 Å². The first-order chi connectivity index (χ1) is 12.4. The molecular formula is C19H17F2NO3S. The van der Waals surface area contributed by atoms with Gasteiger partial charge in [0.2, 0.25) is 0 Å². The van der Waals surface area contributed by atoms with Crippen LogP contribution in [0, 0.1) is 11.6 Å². The number of carbonyl (C=O) groups is 2. The molecule has 0 heterocycles. The molecule has 0 bridgehead atoms. The monoisotopic (exact) mass is 377 g/mol. The maximum absolute atomic E-state index is 13.1. The fourth-order valence-electron chi connectivity index (χ4n) is 1.96. The highest BCUT2D eigenvalue weighted by atomic mass is 32.2. The van der Waals surface area contributed by atoms with Crippen molar-refractivity contribution in [3.8, 4) is 0 Å². The molecule has 4 nitrogen and oxygen atoms in total. The Bertz CT molecular complexity index is 822. The fraction of sp³-hybridized carbons (Fsp3) is 0.158. The molecule has 0 spiro atoms. The van der Waals surface area contributed by atoms with E-state index in [2.05, 4.69) is 5.32 Å². The van der Waals surface area contributed by atoms with Crippen molar-refractivity contribution in [3.05, 3.63) is 65.7 Å². The number of ether oxygens (including phenoxy) is 1. The number of rotatable bonds is 6. The number of esters is 1. The molecule has 7 heteroatoms. The van der Waals surface area contributed by atoms with Crippen molar-refractivity contribution < 1.29 is 23.1 Å². The van der Waals surface area contributed by atoms with Crippen LogP contribution in [0.3, 0.4) is 0 Å². The highest BCUT2D eigenvalue weighted by Crippen LogP contribution is 2.16. The summed E-state index contributed by atoms with van der Waals surface area (Å²) < 4.78 is 31.0. The van der Waals surface area contributed by atoms with E-state index in [1.54, 1.807) is 17.8 Å². The van der Waals surface area contributed by atoms with Gasteiger partial charge in [0.05, 0.1) is 0 Å². The number of carbonyl (C=O) groups excluding carboxylic acids is 2. The number of halogens is 2. The predicted molar refractivity (Wildman–Crippen MR) is 97.8 cm³/mol. The summed E-state index contributed by atoms with van der Waals surface area (Å²) in [6.07, 6.45) is 3.66. The molecule has 1 N–H and O–H groups in total. The molecule has 0 fully saturated rings. The number of hydrogen-bond donors (Lipinski definition) is 1. The largest absolute Gasteiger partial charge is 0.449 e. The Morgan fingerprint density at radius 3 is 2.42 bits per heavy atom. The minimum atomic E-state index is -1.10. The molecule has 0 saturated carbocycles. The van der Waals surface area contributed by atoms with Crippen molar-refractivity contribution in [2.45, 2.75) is 17.9 Å². The molecule has 0 saturated heterocycles. The Kier molecular flexibility index (Phi) is 6.91. The third-order valence-corrected chi connectivity index (χ3v) is 4.12. The van der Waals surface area contributed by atoms with E-state index in [1.165, 1.54) is 19.1 Å². The van der Waals surface area contributed by atoms with Crippen LogP contribution in [0.1, 0.15) is 12.5 Å². The van der Waals surface area contributed by atoms with Crippen molar-refractivity contribution in [2.24, 2.45) is 0 Å². The fourth-order valence-corrected chi connectivity index (χ4v) is 2.37. The van der Waals surface area contributed by atoms with E-state index in [-0.39, 0.29) is 5.69 Å². The quantitative estimate of drug-likeness (QED) is 0.464. The van der Waals surface area contributed by atoms with Crippen molar-refractivity contribution in [1.29, 1.82) is 0 Å². The third kappa shape index (κ3) is 5.70. The van der Waals surface area contributed by atoms with E-state index in [0.717, 1.165) is 22.6 Å². The second-order valence-corrected chi connectivity index (χ2v) is 6.18. The molecule has 1 atom stereocenters. The lowest BCUT2D eigenvalue weighted by atomic mass is 10.2. The molecule has 1 amide bonds. The van der Waals surface area contributed by atoms with Gasteiger partial charge in [-0.3, -0.25) is 4.79 Å². The Morgan fingerprint density at radius 1 is 1.12 bits per heavy atom. The zero-order chi connectivity index (χ0) is 19.1. The SMILES string of the molecule is CSc1ccc(/C=C/C(=O)O[C@@H](C)C(=O)Nc2ccc(F)c(F)c2)cc1. The molecule has 2 aromatic carbocycles. The Labute approximate surface area is 154 Å². The maximum Gasteiger partial charge on any atom is 0.331 e. The molecule has 0 aliphatic rings. The van der Waals surface area contributed by atoms with E-state index >= 15 is 0 Å². The third-order valence-electron chi connectivity index (χ3n) is 3.38. The number of anilines is 1. The van der Waals surface area contributed by atoms with Gasteiger partial charge in [0.1, 0.15) is 0 Å². The van der Waals surface area contributed by atoms with Gasteiger partial charge < -0.3 is 10.1 Å². The van der Waals surface area contributed by atoms with Crippen molar-refractivity contribution in [3.63, 3.8) is 0 Å². The van der Waals surface area contributed by atoms with Crippen molar-refractivity contribution in [1.82, 2.24) is 0 Å². The summed E-state index contributed by atoms with van der Waals surface area (Å²) in [7, 11) is 0. The number of benzene rings is 2. The summed E-state index contributed by atoms with van der Waals surface area (Å²) in [5, 5.41) is 2.35. The molecule has 0 aromatic heterocycles. The lowest BCUT2D eigenvalue weighted by Crippen LogP contribution is -2.29. The average Bonchev–Trinajstić information content (AvgIpc) is 2.63. The summed E-state index contributed by atoms with van der Waals surface area (Å²) >= 11 is 1.61. The van der Waals surface area contributed by atoms with E-state index in [4.69, 9.17) is 4.74 Å². The first-order valence-corrected chi connectivity index (χ1v) is 8.90. The normalized spacial score (nSPS) is 12.0. The molecule has 0 aliphatic heterocycles. The van der Waals surface area contributed by atoms with Gasteiger partial charge in [0, 0.05) is 22.7 Å². The minimum Gasteiger partial charge on any atom is -0.449 e. The van der Waals surface area contributed by atoms with Gasteiger partial charge in [-0.25, -0.2) is 13.6 Å².